The number of benzene rings is 2. The van der Waals surface area contributed by atoms with E-state index in [2.05, 4.69) is 46.6 Å². The number of aromatic amines is 1. The number of carbonyl (C=O) groups excluding carboxylic acids is 1. The lowest BCUT2D eigenvalue weighted by Crippen LogP contribution is -2.17. The van der Waals surface area contributed by atoms with Gasteiger partial charge in [0.15, 0.2) is 11.5 Å². The summed E-state index contributed by atoms with van der Waals surface area (Å²) in [5.74, 6) is 1.53. The molecule has 0 bridgehead atoms. The lowest BCUT2D eigenvalue weighted by atomic mass is 10.0. The second kappa shape index (κ2) is 8.62. The van der Waals surface area contributed by atoms with Gasteiger partial charge in [0.1, 0.15) is 5.52 Å². The van der Waals surface area contributed by atoms with Gasteiger partial charge in [-0.2, -0.15) is 5.10 Å². The van der Waals surface area contributed by atoms with Gasteiger partial charge < -0.3 is 14.8 Å². The number of carbonyl (C=O) groups is 1. The van der Waals surface area contributed by atoms with E-state index in [0.29, 0.717) is 39.5 Å². The molecule has 0 unspecified atom stereocenters. The first kappa shape index (κ1) is 21.1. The number of fused-ring (bicyclic) bond motifs is 2. The van der Waals surface area contributed by atoms with Gasteiger partial charge in [0.05, 0.1) is 11.4 Å². The Kier molecular flexibility index (Phi) is 5.51. The predicted octanol–water partition coefficient (Wildman–Crippen LogP) is 3.67. The van der Waals surface area contributed by atoms with Crippen molar-refractivity contribution < 1.29 is 14.3 Å². The highest BCUT2D eigenvalue weighted by molar-refractivity contribution is 7.99. The number of nitrogens with one attached hydrogen (secondary N) is 2. The zero-order valence-corrected chi connectivity index (χ0v) is 18.8. The monoisotopic (exact) mass is 463 g/mol. The molecule has 2 aromatic carbocycles. The Bertz CT molecular complexity index is 1390. The molecular weight excluding hydrogens is 442 g/mol. The van der Waals surface area contributed by atoms with E-state index >= 15 is 0 Å². The number of rotatable bonds is 6. The van der Waals surface area contributed by atoms with E-state index in [1.807, 2.05) is 12.1 Å². The third-order valence-electron chi connectivity index (χ3n) is 5.24. The molecule has 0 saturated carbocycles. The van der Waals surface area contributed by atoms with Gasteiger partial charge in [-0.15, -0.1) is 5.10 Å². The van der Waals surface area contributed by atoms with Crippen LogP contribution in [0.25, 0.3) is 16.8 Å². The smallest absolute Gasteiger partial charge is 0.290 e. The molecule has 10 heteroatoms. The van der Waals surface area contributed by atoms with Crippen molar-refractivity contribution in [2.24, 2.45) is 0 Å². The number of thioether (sulfide) groups is 1. The highest BCUT2D eigenvalue weighted by Crippen LogP contribution is 2.34. The SMILES string of the molecule is CC(C)c1ccc(-c2cc3c(=O)[nH]nc(SCC(=O)Nc4ccc5c(c4)OCO5)n3n2)cc1. The molecule has 5 rings (SSSR count). The second-order valence-electron chi connectivity index (χ2n) is 7.84. The van der Waals surface area contributed by atoms with Crippen molar-refractivity contribution >= 4 is 28.9 Å². The Balaban J connectivity index is 1.33. The van der Waals surface area contributed by atoms with E-state index < -0.39 is 0 Å². The first-order chi connectivity index (χ1) is 16.0. The Hall–Kier alpha value is -3.79. The minimum absolute atomic E-state index is 0.0842. The number of nitrogens with zero attached hydrogens (tertiary/aromatic N) is 3. The number of amides is 1. The fourth-order valence-corrected chi connectivity index (χ4v) is 4.17. The van der Waals surface area contributed by atoms with E-state index in [1.165, 1.54) is 21.8 Å². The molecule has 0 radical (unpaired) electrons. The summed E-state index contributed by atoms with van der Waals surface area (Å²) < 4.78 is 12.1. The van der Waals surface area contributed by atoms with E-state index in [0.717, 1.165) is 5.56 Å². The van der Waals surface area contributed by atoms with Crippen molar-refractivity contribution in [1.29, 1.82) is 0 Å². The van der Waals surface area contributed by atoms with Gasteiger partial charge in [-0.05, 0) is 29.7 Å². The average Bonchev–Trinajstić information content (AvgIpc) is 3.46. The first-order valence-corrected chi connectivity index (χ1v) is 11.4. The molecular formula is C23H21N5O4S. The molecule has 33 heavy (non-hydrogen) atoms. The van der Waals surface area contributed by atoms with Crippen LogP contribution < -0.4 is 20.3 Å². The quantitative estimate of drug-likeness (QED) is 0.420. The number of hydrogen-bond acceptors (Lipinski definition) is 7. The van der Waals surface area contributed by atoms with E-state index in [9.17, 15) is 9.59 Å². The lowest BCUT2D eigenvalue weighted by Gasteiger charge is -2.06. The van der Waals surface area contributed by atoms with Gasteiger partial charge in [-0.25, -0.2) is 9.61 Å². The van der Waals surface area contributed by atoms with Crippen LogP contribution >= 0.6 is 11.8 Å². The fourth-order valence-electron chi connectivity index (χ4n) is 3.47. The zero-order valence-electron chi connectivity index (χ0n) is 18.0. The maximum Gasteiger partial charge on any atom is 0.290 e. The zero-order chi connectivity index (χ0) is 22.9. The lowest BCUT2D eigenvalue weighted by molar-refractivity contribution is -0.113. The third kappa shape index (κ3) is 4.29. The van der Waals surface area contributed by atoms with Crippen molar-refractivity contribution in [2.45, 2.75) is 24.9 Å². The topological polar surface area (TPSA) is 111 Å². The van der Waals surface area contributed by atoms with E-state index in [1.54, 1.807) is 24.3 Å². The summed E-state index contributed by atoms with van der Waals surface area (Å²) in [4.78, 5) is 24.8. The van der Waals surface area contributed by atoms with Crippen LogP contribution in [0.1, 0.15) is 25.3 Å². The molecule has 0 aliphatic carbocycles. The van der Waals surface area contributed by atoms with Crippen LogP contribution in [-0.4, -0.2) is 38.3 Å². The second-order valence-corrected chi connectivity index (χ2v) is 8.79. The summed E-state index contributed by atoms with van der Waals surface area (Å²) >= 11 is 1.18. The molecule has 168 valence electrons. The number of hydrogen-bond donors (Lipinski definition) is 2. The number of H-pyrrole nitrogens is 1. The minimum atomic E-state index is -0.346. The Morgan fingerprint density at radius 1 is 1.15 bits per heavy atom. The van der Waals surface area contributed by atoms with Crippen molar-refractivity contribution in [2.75, 3.05) is 17.9 Å². The Labute approximate surface area is 193 Å². The molecule has 0 saturated heterocycles. The summed E-state index contributed by atoms with van der Waals surface area (Å²) in [5, 5.41) is 14.4. The number of aromatic nitrogens is 4. The maximum absolute atomic E-state index is 12.5. The van der Waals surface area contributed by atoms with Crippen LogP contribution in [-0.2, 0) is 4.79 Å². The largest absolute Gasteiger partial charge is 0.454 e. The molecule has 0 atom stereocenters. The summed E-state index contributed by atoms with van der Waals surface area (Å²) in [7, 11) is 0. The highest BCUT2D eigenvalue weighted by Gasteiger charge is 2.16. The molecule has 0 fully saturated rings. The van der Waals surface area contributed by atoms with E-state index in [4.69, 9.17) is 9.47 Å². The number of anilines is 1. The molecule has 0 spiro atoms. The predicted molar refractivity (Wildman–Crippen MR) is 125 cm³/mol. The van der Waals surface area contributed by atoms with Crippen LogP contribution in [0, 0.1) is 0 Å². The Morgan fingerprint density at radius 3 is 2.73 bits per heavy atom. The van der Waals surface area contributed by atoms with Gasteiger partial charge in [0.25, 0.3) is 5.56 Å². The fraction of sp³-hybridized carbons (Fsp3) is 0.217. The van der Waals surface area contributed by atoms with Crippen LogP contribution in [0.3, 0.4) is 0 Å². The van der Waals surface area contributed by atoms with Crippen LogP contribution in [0.2, 0.25) is 0 Å². The van der Waals surface area contributed by atoms with E-state index in [-0.39, 0.29) is 24.0 Å². The molecule has 2 aromatic heterocycles. The molecule has 3 heterocycles. The molecule has 1 aliphatic rings. The van der Waals surface area contributed by atoms with Crippen LogP contribution in [0.5, 0.6) is 11.5 Å². The van der Waals surface area contributed by atoms with Crippen LogP contribution in [0.4, 0.5) is 5.69 Å². The highest BCUT2D eigenvalue weighted by atomic mass is 32.2. The standard InChI is InChI=1S/C23H21N5O4S/c1-13(2)14-3-5-15(6-4-14)17-10-18-22(30)25-26-23(28(18)27-17)33-11-21(29)24-16-7-8-19-20(9-16)32-12-31-19/h3-10,13H,11-12H2,1-2H3,(H,24,29)(H,25,30). The average molecular weight is 464 g/mol. The number of ether oxygens (including phenoxy) is 2. The molecule has 9 nitrogen and oxygen atoms in total. The minimum Gasteiger partial charge on any atom is -0.454 e. The molecule has 1 aliphatic heterocycles. The summed E-state index contributed by atoms with van der Waals surface area (Å²) in [6, 6.07) is 15.0. The summed E-state index contributed by atoms with van der Waals surface area (Å²) in [5.41, 5.74) is 3.42. The van der Waals surface area contributed by atoms with Crippen molar-refractivity contribution in [3.63, 3.8) is 0 Å². The molecule has 2 N–H and O–H groups in total. The first-order valence-electron chi connectivity index (χ1n) is 10.4. The normalized spacial score (nSPS) is 12.5. The summed E-state index contributed by atoms with van der Waals surface area (Å²) in [6.45, 7) is 4.44. The molecule has 4 aromatic rings. The van der Waals surface area contributed by atoms with Crippen molar-refractivity contribution in [3.05, 3.63) is 64.4 Å². The van der Waals surface area contributed by atoms with Crippen molar-refractivity contribution in [3.8, 4) is 22.8 Å². The maximum atomic E-state index is 12.5. The molecule has 1 amide bonds. The van der Waals surface area contributed by atoms with Gasteiger partial charge in [0, 0.05) is 17.3 Å². The van der Waals surface area contributed by atoms with Gasteiger partial charge in [-0.1, -0.05) is 49.9 Å². The van der Waals surface area contributed by atoms with Crippen molar-refractivity contribution in [1.82, 2.24) is 19.8 Å². The Morgan fingerprint density at radius 2 is 1.94 bits per heavy atom. The van der Waals surface area contributed by atoms with Crippen LogP contribution in [0.15, 0.2) is 58.5 Å². The van der Waals surface area contributed by atoms with Gasteiger partial charge in [-0.3, -0.25) is 9.59 Å². The summed E-state index contributed by atoms with van der Waals surface area (Å²) in [6.07, 6.45) is 0. The third-order valence-corrected chi connectivity index (χ3v) is 6.17. The van der Waals surface area contributed by atoms with Gasteiger partial charge >= 0.3 is 0 Å². The van der Waals surface area contributed by atoms with Gasteiger partial charge in [0.2, 0.25) is 17.9 Å².